The van der Waals surface area contributed by atoms with E-state index in [0.29, 0.717) is 30.4 Å². The number of nitrogens with zero attached hydrogens (tertiary/aromatic N) is 1. The summed E-state index contributed by atoms with van der Waals surface area (Å²) in [7, 11) is 1.23. The van der Waals surface area contributed by atoms with E-state index in [9.17, 15) is 33.9 Å². The Labute approximate surface area is 279 Å². The molecule has 6 N–H and O–H groups in total. The number of methoxy groups -OCH3 is 1. The average Bonchev–Trinajstić information content (AvgIpc) is 3.59. The van der Waals surface area contributed by atoms with Crippen molar-refractivity contribution in [3.63, 3.8) is 0 Å². The summed E-state index contributed by atoms with van der Waals surface area (Å²) >= 11 is 0. The highest BCUT2D eigenvalue weighted by Crippen LogP contribution is 2.21. The molecule has 48 heavy (non-hydrogen) atoms. The second-order valence-corrected chi connectivity index (χ2v) is 11.8. The maximum atomic E-state index is 13.8. The maximum absolute atomic E-state index is 13.8. The van der Waals surface area contributed by atoms with Crippen LogP contribution in [-0.4, -0.2) is 89.6 Å². The molecule has 1 saturated heterocycles. The van der Waals surface area contributed by atoms with Crippen molar-refractivity contribution in [1.82, 2.24) is 20.9 Å². The SMILES string of the molecule is CC[C@H](C)[C@H](NC(=O)[C@@H]1CCCN1C(=O)[C@H](O)[C@H](Cc1ccccc1)NC(=O)[C@H](CC(N)=O)NC(=O)OCc1ccccc1)C(=O)OC. The van der Waals surface area contributed by atoms with Gasteiger partial charge in [0.1, 0.15) is 24.7 Å². The normalized spacial score (nSPS) is 17.2. The lowest BCUT2D eigenvalue weighted by Gasteiger charge is -2.32. The number of likely N-dealkylation sites (tertiary alicyclic amines) is 1. The molecule has 2 aromatic carbocycles. The number of aliphatic hydroxyl groups is 1. The molecular weight excluding hydrogens is 622 g/mol. The van der Waals surface area contributed by atoms with Gasteiger partial charge in [0.05, 0.1) is 19.6 Å². The van der Waals surface area contributed by atoms with Crippen molar-refractivity contribution in [3.8, 4) is 0 Å². The van der Waals surface area contributed by atoms with Gasteiger partial charge >= 0.3 is 12.1 Å². The summed E-state index contributed by atoms with van der Waals surface area (Å²) in [5.41, 5.74) is 6.73. The van der Waals surface area contributed by atoms with Crippen LogP contribution in [0, 0.1) is 5.92 Å². The molecule has 260 valence electrons. The molecule has 0 aromatic heterocycles. The van der Waals surface area contributed by atoms with Crippen LogP contribution in [0.3, 0.4) is 0 Å². The Hall–Kier alpha value is -4.98. The molecular formula is C34H45N5O9. The fourth-order valence-corrected chi connectivity index (χ4v) is 5.40. The topological polar surface area (TPSA) is 206 Å². The Morgan fingerprint density at radius 1 is 0.958 bits per heavy atom. The number of hydrogen-bond acceptors (Lipinski definition) is 9. The quantitative estimate of drug-likeness (QED) is 0.161. The van der Waals surface area contributed by atoms with Crippen molar-refractivity contribution in [3.05, 3.63) is 71.8 Å². The van der Waals surface area contributed by atoms with E-state index < -0.39 is 72.4 Å². The monoisotopic (exact) mass is 667 g/mol. The van der Waals surface area contributed by atoms with Crippen molar-refractivity contribution in [1.29, 1.82) is 0 Å². The molecule has 1 aliphatic rings. The fraction of sp³-hybridized carbons (Fsp3) is 0.471. The number of carbonyl (C=O) groups excluding carboxylic acids is 6. The minimum absolute atomic E-state index is 0.00956. The zero-order valence-corrected chi connectivity index (χ0v) is 27.4. The molecule has 1 heterocycles. The van der Waals surface area contributed by atoms with Crippen LogP contribution in [0.5, 0.6) is 0 Å². The molecule has 1 aliphatic heterocycles. The number of ether oxygens (including phenoxy) is 2. The first-order chi connectivity index (χ1) is 22.9. The standard InChI is InChI=1S/C34H45N5O9/c1-4-21(2)28(33(45)47-3)38-31(43)26-16-11-17-39(26)32(44)29(41)24(18-22-12-7-5-8-13-22)36-30(42)25(19-27(35)40)37-34(46)48-20-23-14-9-6-10-15-23/h5-10,12-15,21,24-26,28-29,41H,4,11,16-20H2,1-3H3,(H2,35,40)(H,36,42)(H,37,46)(H,38,43)/t21-,24-,25-,26-,28-,29+/m0/s1. The van der Waals surface area contributed by atoms with Gasteiger partial charge in [-0.1, -0.05) is 80.9 Å². The molecule has 6 atom stereocenters. The van der Waals surface area contributed by atoms with Crippen LogP contribution in [-0.2, 0) is 46.5 Å². The predicted molar refractivity (Wildman–Crippen MR) is 174 cm³/mol. The summed E-state index contributed by atoms with van der Waals surface area (Å²) in [4.78, 5) is 78.6. The van der Waals surface area contributed by atoms with Gasteiger partial charge in [0.25, 0.3) is 5.91 Å². The summed E-state index contributed by atoms with van der Waals surface area (Å²) in [6, 6.07) is 13.0. The number of alkyl carbamates (subject to hydrolysis) is 1. The molecule has 0 radical (unpaired) electrons. The number of esters is 1. The van der Waals surface area contributed by atoms with Gasteiger partial charge in [-0.25, -0.2) is 9.59 Å². The van der Waals surface area contributed by atoms with Gasteiger partial charge in [0.2, 0.25) is 17.7 Å². The van der Waals surface area contributed by atoms with Crippen LogP contribution in [0.1, 0.15) is 50.7 Å². The highest BCUT2D eigenvalue weighted by molar-refractivity contribution is 5.94. The first kappa shape index (κ1) is 37.5. The molecule has 0 bridgehead atoms. The lowest BCUT2D eigenvalue weighted by atomic mass is 9.98. The van der Waals surface area contributed by atoms with E-state index in [-0.39, 0.29) is 25.5 Å². The number of aliphatic hydroxyl groups excluding tert-OH is 1. The van der Waals surface area contributed by atoms with Crippen LogP contribution in [0.2, 0.25) is 0 Å². The highest BCUT2D eigenvalue weighted by Gasteiger charge is 2.41. The summed E-state index contributed by atoms with van der Waals surface area (Å²) < 4.78 is 10.1. The molecule has 0 saturated carbocycles. The minimum Gasteiger partial charge on any atom is -0.467 e. The zero-order valence-electron chi connectivity index (χ0n) is 27.4. The third-order valence-corrected chi connectivity index (χ3v) is 8.29. The smallest absolute Gasteiger partial charge is 0.408 e. The van der Waals surface area contributed by atoms with E-state index in [1.54, 1.807) is 67.6 Å². The number of benzene rings is 2. The number of carbonyl (C=O) groups is 6. The number of amides is 5. The number of primary amides is 1. The van der Waals surface area contributed by atoms with Crippen molar-refractivity contribution in [2.75, 3.05) is 13.7 Å². The minimum atomic E-state index is -1.83. The van der Waals surface area contributed by atoms with E-state index >= 15 is 0 Å². The van der Waals surface area contributed by atoms with E-state index in [1.165, 1.54) is 12.0 Å². The lowest BCUT2D eigenvalue weighted by Crippen LogP contribution is -2.59. The van der Waals surface area contributed by atoms with Crippen LogP contribution < -0.4 is 21.7 Å². The first-order valence-electron chi connectivity index (χ1n) is 15.9. The van der Waals surface area contributed by atoms with Crippen LogP contribution in [0.15, 0.2) is 60.7 Å². The van der Waals surface area contributed by atoms with Gasteiger partial charge in [-0.3, -0.25) is 19.2 Å². The largest absolute Gasteiger partial charge is 0.467 e. The van der Waals surface area contributed by atoms with Crippen LogP contribution in [0.4, 0.5) is 4.79 Å². The number of nitrogens with two attached hydrogens (primary N) is 1. The van der Waals surface area contributed by atoms with E-state index in [2.05, 4.69) is 16.0 Å². The average molecular weight is 668 g/mol. The Morgan fingerprint density at radius 2 is 1.58 bits per heavy atom. The Kier molecular flexibility index (Phi) is 14.4. The molecule has 0 unspecified atom stereocenters. The van der Waals surface area contributed by atoms with Crippen molar-refractivity contribution in [2.45, 2.75) is 82.8 Å². The second-order valence-electron chi connectivity index (χ2n) is 11.8. The van der Waals surface area contributed by atoms with Crippen molar-refractivity contribution >= 4 is 35.7 Å². The third-order valence-electron chi connectivity index (χ3n) is 8.29. The molecule has 1 fully saturated rings. The van der Waals surface area contributed by atoms with Crippen molar-refractivity contribution < 1.29 is 43.3 Å². The second kappa shape index (κ2) is 18.4. The molecule has 0 aliphatic carbocycles. The molecule has 2 aromatic rings. The van der Waals surface area contributed by atoms with Crippen molar-refractivity contribution in [2.24, 2.45) is 11.7 Å². The summed E-state index contributed by atoms with van der Waals surface area (Å²) in [6.45, 7) is 3.73. The van der Waals surface area contributed by atoms with E-state index in [0.717, 1.165) is 0 Å². The molecule has 14 nitrogen and oxygen atoms in total. The van der Waals surface area contributed by atoms with Gasteiger partial charge in [0, 0.05) is 6.54 Å². The first-order valence-corrected chi connectivity index (χ1v) is 15.9. The van der Waals surface area contributed by atoms with Gasteiger partial charge in [-0.2, -0.15) is 0 Å². The van der Waals surface area contributed by atoms with Gasteiger partial charge in [0.15, 0.2) is 6.10 Å². The maximum Gasteiger partial charge on any atom is 0.408 e. The lowest BCUT2D eigenvalue weighted by molar-refractivity contribution is -0.149. The molecule has 0 spiro atoms. The van der Waals surface area contributed by atoms with Crippen LogP contribution in [0.25, 0.3) is 0 Å². The fourth-order valence-electron chi connectivity index (χ4n) is 5.40. The molecule has 5 amide bonds. The number of rotatable bonds is 16. The summed E-state index contributed by atoms with van der Waals surface area (Å²) in [5.74, 6) is -3.99. The summed E-state index contributed by atoms with van der Waals surface area (Å²) in [6.07, 6.45) is -2.05. The summed E-state index contributed by atoms with van der Waals surface area (Å²) in [5, 5.41) is 19.1. The van der Waals surface area contributed by atoms with Gasteiger partial charge in [-0.05, 0) is 36.3 Å². The van der Waals surface area contributed by atoms with E-state index in [1.807, 2.05) is 6.92 Å². The molecule has 3 rings (SSSR count). The highest BCUT2D eigenvalue weighted by atomic mass is 16.5. The third kappa shape index (κ3) is 10.8. The Balaban J connectivity index is 1.78. The van der Waals surface area contributed by atoms with E-state index in [4.69, 9.17) is 15.2 Å². The van der Waals surface area contributed by atoms with Gasteiger partial charge < -0.3 is 41.2 Å². The Bertz CT molecular complexity index is 1410. The predicted octanol–water partition coefficient (Wildman–Crippen LogP) is 0.940. The molecule has 14 heteroatoms. The van der Waals surface area contributed by atoms with Crippen LogP contribution >= 0.6 is 0 Å². The zero-order chi connectivity index (χ0) is 35.2. The number of hydrogen-bond donors (Lipinski definition) is 5. The number of nitrogens with one attached hydrogen (secondary N) is 3. The van der Waals surface area contributed by atoms with Gasteiger partial charge in [-0.15, -0.1) is 0 Å². The Morgan fingerprint density at radius 3 is 2.17 bits per heavy atom.